The molecular weight excluding hydrogens is 302 g/mol. The van der Waals surface area contributed by atoms with E-state index < -0.39 is 6.10 Å². The second kappa shape index (κ2) is 7.05. The fraction of sp³-hybridized carbons (Fsp3) is 0.429. The van der Waals surface area contributed by atoms with Crippen molar-refractivity contribution in [2.75, 3.05) is 25.4 Å². The molecule has 0 aliphatic heterocycles. The number of likely N-dealkylation sites (N-methyl/N-ethyl adjacent to an activating group) is 1. The van der Waals surface area contributed by atoms with Crippen molar-refractivity contribution in [1.82, 2.24) is 15.0 Å². The van der Waals surface area contributed by atoms with Crippen LogP contribution in [0, 0.1) is 5.21 Å². The molecule has 1 atom stereocenters. The summed E-state index contributed by atoms with van der Waals surface area (Å²) in [5, 5.41) is 25.1. The maximum absolute atomic E-state index is 11.7. The number of hydrogen-bond donors (Lipinski definition) is 2. The van der Waals surface area contributed by atoms with E-state index >= 15 is 0 Å². The molecule has 1 aromatic carbocycles. The molecular formula is C14H19N5O4. The average Bonchev–Trinajstić information content (AvgIpc) is 2.50. The Bertz CT molecular complexity index is 709. The van der Waals surface area contributed by atoms with Crippen LogP contribution in [0.15, 0.2) is 18.2 Å². The zero-order valence-electron chi connectivity index (χ0n) is 13.0. The lowest BCUT2D eigenvalue weighted by molar-refractivity contribution is -0.641. The van der Waals surface area contributed by atoms with Gasteiger partial charge >= 0.3 is 0 Å². The van der Waals surface area contributed by atoms with Crippen molar-refractivity contribution >= 4 is 22.9 Å². The van der Waals surface area contributed by atoms with E-state index in [1.54, 1.807) is 12.1 Å². The summed E-state index contributed by atoms with van der Waals surface area (Å²) in [6.45, 7) is 3.96. The van der Waals surface area contributed by atoms with Gasteiger partial charge in [-0.05, 0) is 23.9 Å². The zero-order valence-corrected chi connectivity index (χ0v) is 13.0. The molecule has 0 spiro atoms. The minimum absolute atomic E-state index is 0.00995. The van der Waals surface area contributed by atoms with Crippen LogP contribution in [0.25, 0.3) is 11.0 Å². The highest BCUT2D eigenvalue weighted by Gasteiger charge is 2.15. The first-order valence-electron chi connectivity index (χ1n) is 7.14. The van der Waals surface area contributed by atoms with Crippen molar-refractivity contribution < 1.29 is 19.5 Å². The van der Waals surface area contributed by atoms with Gasteiger partial charge in [-0.15, -0.1) is 0 Å². The van der Waals surface area contributed by atoms with E-state index in [1.165, 1.54) is 17.9 Å². The van der Waals surface area contributed by atoms with Crippen LogP contribution in [0.5, 0.6) is 5.75 Å². The molecule has 23 heavy (non-hydrogen) atoms. The second-order valence-corrected chi connectivity index (χ2v) is 5.02. The van der Waals surface area contributed by atoms with E-state index in [9.17, 15) is 15.1 Å². The Balaban J connectivity index is 2.03. The standard InChI is InChI=1S/C14H19N5O4/c1-3-18(9(2)20)7-10(21)8-23-11-4-5-12-13(6-11)19(22)17-14(15)16-12/h4-6,10,21H,3,7-8H2,1-2H3,(H2,15,16,17). The third kappa shape index (κ3) is 4.16. The van der Waals surface area contributed by atoms with Gasteiger partial charge in [0, 0.05) is 20.0 Å². The van der Waals surface area contributed by atoms with Crippen molar-refractivity contribution in [3.05, 3.63) is 23.4 Å². The van der Waals surface area contributed by atoms with Crippen LogP contribution in [0.4, 0.5) is 5.95 Å². The normalized spacial score (nSPS) is 12.1. The van der Waals surface area contributed by atoms with Crippen LogP contribution in [0.2, 0.25) is 0 Å². The number of aromatic nitrogens is 3. The number of ether oxygens (including phenoxy) is 1. The molecule has 2 aromatic rings. The highest BCUT2D eigenvalue weighted by Crippen LogP contribution is 2.17. The fourth-order valence-corrected chi connectivity index (χ4v) is 2.11. The van der Waals surface area contributed by atoms with Crippen LogP contribution in [0.1, 0.15) is 13.8 Å². The van der Waals surface area contributed by atoms with Crippen molar-refractivity contribution in [3.8, 4) is 5.75 Å². The minimum atomic E-state index is -0.836. The number of aliphatic hydroxyl groups excluding tert-OH is 1. The Labute approximate surface area is 132 Å². The maximum atomic E-state index is 11.7. The molecule has 3 N–H and O–H groups in total. The lowest BCUT2D eigenvalue weighted by Crippen LogP contribution is -2.38. The largest absolute Gasteiger partial charge is 0.594 e. The van der Waals surface area contributed by atoms with Gasteiger partial charge in [0.2, 0.25) is 5.91 Å². The van der Waals surface area contributed by atoms with Gasteiger partial charge in [-0.3, -0.25) is 4.79 Å². The van der Waals surface area contributed by atoms with Gasteiger partial charge in [0.1, 0.15) is 24.0 Å². The Morgan fingerprint density at radius 2 is 2.30 bits per heavy atom. The highest BCUT2D eigenvalue weighted by molar-refractivity contribution is 5.73. The number of carbonyl (C=O) groups is 1. The second-order valence-electron chi connectivity index (χ2n) is 5.02. The molecule has 1 unspecified atom stereocenters. The topological polar surface area (TPSA) is 129 Å². The van der Waals surface area contributed by atoms with Crippen LogP contribution in [0.3, 0.4) is 0 Å². The molecule has 0 bridgehead atoms. The molecule has 1 amide bonds. The predicted octanol–water partition coefficient (Wildman–Crippen LogP) is -0.546. The van der Waals surface area contributed by atoms with Gasteiger partial charge in [0.05, 0.1) is 11.2 Å². The van der Waals surface area contributed by atoms with Crippen LogP contribution >= 0.6 is 0 Å². The molecule has 0 saturated heterocycles. The number of amides is 1. The maximum Gasteiger partial charge on any atom is 0.288 e. The van der Waals surface area contributed by atoms with E-state index in [0.29, 0.717) is 22.7 Å². The smallest absolute Gasteiger partial charge is 0.288 e. The summed E-state index contributed by atoms with van der Waals surface area (Å²) in [5.74, 6) is 0.167. The summed E-state index contributed by atoms with van der Waals surface area (Å²) in [4.78, 5) is 17.1. The van der Waals surface area contributed by atoms with E-state index in [1.807, 2.05) is 6.92 Å². The quantitative estimate of drug-likeness (QED) is 0.539. The van der Waals surface area contributed by atoms with Crippen LogP contribution in [-0.4, -0.2) is 51.8 Å². The highest BCUT2D eigenvalue weighted by atomic mass is 16.5. The summed E-state index contributed by atoms with van der Waals surface area (Å²) in [5.41, 5.74) is 6.02. The van der Waals surface area contributed by atoms with Gasteiger partial charge in [-0.25, -0.2) is 4.98 Å². The monoisotopic (exact) mass is 321 g/mol. The van der Waals surface area contributed by atoms with E-state index in [2.05, 4.69) is 10.1 Å². The van der Waals surface area contributed by atoms with Crippen LogP contribution < -0.4 is 15.3 Å². The third-order valence-electron chi connectivity index (χ3n) is 3.28. The van der Waals surface area contributed by atoms with E-state index in [0.717, 1.165) is 0 Å². The molecule has 1 heterocycles. The van der Waals surface area contributed by atoms with E-state index in [-0.39, 0.29) is 30.5 Å². The van der Waals surface area contributed by atoms with Crippen LogP contribution in [-0.2, 0) is 4.79 Å². The van der Waals surface area contributed by atoms with Gasteiger partial charge in [-0.1, -0.05) is 0 Å². The average molecular weight is 321 g/mol. The number of fused-ring (bicyclic) bond motifs is 1. The molecule has 0 fully saturated rings. The predicted molar refractivity (Wildman–Crippen MR) is 82.3 cm³/mol. The van der Waals surface area contributed by atoms with Gasteiger partial charge in [0.25, 0.3) is 11.5 Å². The molecule has 2 rings (SSSR count). The van der Waals surface area contributed by atoms with Crippen molar-refractivity contribution in [2.24, 2.45) is 0 Å². The Morgan fingerprint density at radius 1 is 1.57 bits per heavy atom. The Kier molecular flexibility index (Phi) is 5.12. The van der Waals surface area contributed by atoms with E-state index in [4.69, 9.17) is 10.5 Å². The fourth-order valence-electron chi connectivity index (χ4n) is 2.11. The number of rotatable bonds is 6. The number of aliphatic hydroxyl groups is 1. The number of nitrogens with two attached hydrogens (primary N) is 1. The molecule has 1 aromatic heterocycles. The number of nitrogens with zero attached hydrogens (tertiary/aromatic N) is 4. The molecule has 124 valence electrons. The van der Waals surface area contributed by atoms with Crippen molar-refractivity contribution in [3.63, 3.8) is 0 Å². The third-order valence-corrected chi connectivity index (χ3v) is 3.28. The Hall–Kier alpha value is -2.68. The SMILES string of the molecule is CCN(CC(O)COc1ccc2nc(N)n[n+]([O-])c2c1)C(C)=O. The van der Waals surface area contributed by atoms with Gasteiger partial charge < -0.3 is 25.7 Å². The molecule has 0 radical (unpaired) electrons. The zero-order chi connectivity index (χ0) is 17.0. The van der Waals surface area contributed by atoms with Gasteiger partial charge in [-0.2, -0.15) is 0 Å². The lowest BCUT2D eigenvalue weighted by atomic mass is 10.3. The summed E-state index contributed by atoms with van der Waals surface area (Å²) < 4.78 is 5.46. The van der Waals surface area contributed by atoms with Crippen molar-refractivity contribution in [1.29, 1.82) is 0 Å². The molecule has 9 nitrogen and oxygen atoms in total. The summed E-state index contributed by atoms with van der Waals surface area (Å²) in [6.07, 6.45) is -0.836. The summed E-state index contributed by atoms with van der Waals surface area (Å²) in [6, 6.07) is 4.67. The molecule has 0 saturated carbocycles. The summed E-state index contributed by atoms with van der Waals surface area (Å²) >= 11 is 0. The number of anilines is 1. The number of nitrogen functional groups attached to an aromatic ring is 1. The molecule has 9 heteroatoms. The number of carbonyl (C=O) groups excluding carboxylic acids is 1. The first-order chi connectivity index (χ1) is 10.9. The first kappa shape index (κ1) is 16.7. The van der Waals surface area contributed by atoms with Gasteiger partial charge in [0.15, 0.2) is 0 Å². The minimum Gasteiger partial charge on any atom is -0.594 e. The number of benzene rings is 1. The first-order valence-corrected chi connectivity index (χ1v) is 7.14. The lowest BCUT2D eigenvalue weighted by Gasteiger charge is -2.22. The summed E-state index contributed by atoms with van der Waals surface area (Å²) in [7, 11) is 0. The molecule has 0 aliphatic carbocycles. The number of hydrogen-bond acceptors (Lipinski definition) is 7. The van der Waals surface area contributed by atoms with Crippen molar-refractivity contribution in [2.45, 2.75) is 20.0 Å². The molecule has 0 aliphatic rings. The Morgan fingerprint density at radius 3 is 2.96 bits per heavy atom.